The van der Waals surface area contributed by atoms with Gasteiger partial charge in [0.25, 0.3) is 0 Å². The second kappa shape index (κ2) is 7.28. The van der Waals surface area contributed by atoms with Crippen molar-refractivity contribution in [2.45, 2.75) is 44.8 Å². The Labute approximate surface area is 121 Å². The minimum atomic E-state index is 0.335. The van der Waals surface area contributed by atoms with E-state index in [4.69, 9.17) is 16.3 Å². The highest BCUT2D eigenvalue weighted by atomic mass is 35.5. The summed E-state index contributed by atoms with van der Waals surface area (Å²) in [6.07, 6.45) is 5.11. The first kappa shape index (κ1) is 14.8. The molecule has 0 radical (unpaired) electrons. The van der Waals surface area contributed by atoms with Crippen molar-refractivity contribution in [1.82, 2.24) is 5.32 Å². The Balaban J connectivity index is 2.01. The summed E-state index contributed by atoms with van der Waals surface area (Å²) >= 11 is 5.94. The lowest BCUT2D eigenvalue weighted by atomic mass is 9.98. The van der Waals surface area contributed by atoms with Crippen LogP contribution < -0.4 is 5.32 Å². The lowest BCUT2D eigenvalue weighted by Gasteiger charge is -2.27. The first-order chi connectivity index (χ1) is 9.24. The zero-order chi connectivity index (χ0) is 13.7. The third-order valence-electron chi connectivity index (χ3n) is 3.78. The number of halogens is 1. The number of hydrogen-bond donors (Lipinski definition) is 1. The zero-order valence-corrected chi connectivity index (χ0v) is 12.6. The molecule has 1 aromatic carbocycles. The maximum absolute atomic E-state index is 5.94. The highest BCUT2D eigenvalue weighted by molar-refractivity contribution is 6.30. The van der Waals surface area contributed by atoms with Crippen molar-refractivity contribution >= 4 is 11.6 Å². The van der Waals surface area contributed by atoms with Gasteiger partial charge in [-0.2, -0.15) is 0 Å². The predicted octanol–water partition coefficient (Wildman–Crippen LogP) is 3.68. The molecule has 19 heavy (non-hydrogen) atoms. The van der Waals surface area contributed by atoms with Crippen LogP contribution in [0.4, 0.5) is 0 Å². The molecule has 0 saturated heterocycles. The van der Waals surface area contributed by atoms with Gasteiger partial charge in [-0.05, 0) is 55.8 Å². The third-order valence-corrected chi connectivity index (χ3v) is 4.03. The molecule has 1 N–H and O–H groups in total. The standard InChI is InChI=1S/C16H24ClNO/c1-3-10-18-15(16(19-2)13-6-7-13)11-12-4-8-14(17)9-5-12/h4-5,8-9,13,15-16,18H,3,6-7,10-11H2,1-2H3. The smallest absolute Gasteiger partial charge is 0.0755 e. The topological polar surface area (TPSA) is 21.3 Å². The molecule has 0 heterocycles. The Bertz CT molecular complexity index is 375. The fourth-order valence-corrected chi connectivity index (χ4v) is 2.74. The van der Waals surface area contributed by atoms with E-state index in [1.165, 1.54) is 18.4 Å². The van der Waals surface area contributed by atoms with Crippen LogP contribution in [0.3, 0.4) is 0 Å². The quantitative estimate of drug-likeness (QED) is 0.785. The summed E-state index contributed by atoms with van der Waals surface area (Å²) < 4.78 is 5.74. The Morgan fingerprint density at radius 2 is 2.00 bits per heavy atom. The minimum Gasteiger partial charge on any atom is -0.380 e. The van der Waals surface area contributed by atoms with Gasteiger partial charge < -0.3 is 10.1 Å². The van der Waals surface area contributed by atoms with Crippen molar-refractivity contribution in [2.24, 2.45) is 5.92 Å². The second-order valence-corrected chi connectivity index (χ2v) is 5.87. The van der Waals surface area contributed by atoms with Crippen LogP contribution >= 0.6 is 11.6 Å². The van der Waals surface area contributed by atoms with Gasteiger partial charge in [0.15, 0.2) is 0 Å². The molecule has 2 nitrogen and oxygen atoms in total. The van der Waals surface area contributed by atoms with Crippen LogP contribution in [-0.2, 0) is 11.2 Å². The molecular weight excluding hydrogens is 258 g/mol. The molecule has 1 saturated carbocycles. The number of nitrogens with one attached hydrogen (secondary N) is 1. The summed E-state index contributed by atoms with van der Waals surface area (Å²) in [5, 5.41) is 4.45. The molecule has 0 aromatic heterocycles. The number of rotatable bonds is 8. The van der Waals surface area contributed by atoms with Crippen molar-refractivity contribution in [3.63, 3.8) is 0 Å². The van der Waals surface area contributed by atoms with Crippen molar-refractivity contribution in [1.29, 1.82) is 0 Å². The Kier molecular flexibility index (Phi) is 5.68. The molecule has 1 aromatic rings. The molecule has 3 heteroatoms. The average molecular weight is 282 g/mol. The van der Waals surface area contributed by atoms with Gasteiger partial charge in [0, 0.05) is 18.2 Å². The van der Waals surface area contributed by atoms with E-state index in [1.54, 1.807) is 0 Å². The largest absolute Gasteiger partial charge is 0.380 e. The van der Waals surface area contributed by atoms with Gasteiger partial charge in [0.1, 0.15) is 0 Å². The third kappa shape index (κ3) is 4.48. The van der Waals surface area contributed by atoms with Crippen molar-refractivity contribution < 1.29 is 4.74 Å². The molecule has 0 amide bonds. The fourth-order valence-electron chi connectivity index (χ4n) is 2.62. The van der Waals surface area contributed by atoms with Crippen molar-refractivity contribution in [2.75, 3.05) is 13.7 Å². The molecule has 1 aliphatic rings. The van der Waals surface area contributed by atoms with Crippen LogP contribution in [0, 0.1) is 5.92 Å². The molecule has 106 valence electrons. The molecule has 0 spiro atoms. The van der Waals surface area contributed by atoms with Crippen LogP contribution in [0.5, 0.6) is 0 Å². The molecule has 2 rings (SSSR count). The molecule has 1 aliphatic carbocycles. The second-order valence-electron chi connectivity index (χ2n) is 5.43. The Morgan fingerprint density at radius 3 is 2.53 bits per heavy atom. The summed E-state index contributed by atoms with van der Waals surface area (Å²) in [5.41, 5.74) is 1.32. The van der Waals surface area contributed by atoms with Crippen molar-refractivity contribution in [3.8, 4) is 0 Å². The lowest BCUT2D eigenvalue weighted by molar-refractivity contribution is 0.0511. The Hall–Kier alpha value is -0.570. The molecule has 2 unspecified atom stereocenters. The average Bonchev–Trinajstić information content (AvgIpc) is 3.23. The highest BCUT2D eigenvalue weighted by Gasteiger charge is 2.36. The molecule has 2 atom stereocenters. The SMILES string of the molecule is CCCNC(Cc1ccc(Cl)cc1)C(OC)C1CC1. The van der Waals surface area contributed by atoms with Gasteiger partial charge >= 0.3 is 0 Å². The normalized spacial score (nSPS) is 18.3. The van der Waals surface area contributed by atoms with Gasteiger partial charge in [0.05, 0.1) is 6.10 Å². The van der Waals surface area contributed by atoms with Crippen LogP contribution in [0.2, 0.25) is 5.02 Å². The number of ether oxygens (including phenoxy) is 1. The van der Waals surface area contributed by atoms with E-state index in [0.29, 0.717) is 12.1 Å². The molecule has 1 fully saturated rings. The molecular formula is C16H24ClNO. The van der Waals surface area contributed by atoms with E-state index in [-0.39, 0.29) is 0 Å². The van der Waals surface area contributed by atoms with Gasteiger partial charge in [-0.3, -0.25) is 0 Å². The van der Waals surface area contributed by atoms with E-state index in [1.807, 2.05) is 19.2 Å². The van der Waals surface area contributed by atoms with E-state index < -0.39 is 0 Å². The van der Waals surface area contributed by atoms with E-state index in [0.717, 1.165) is 30.3 Å². The Morgan fingerprint density at radius 1 is 1.32 bits per heavy atom. The molecule has 0 aliphatic heterocycles. The monoisotopic (exact) mass is 281 g/mol. The zero-order valence-electron chi connectivity index (χ0n) is 11.9. The van der Waals surface area contributed by atoms with Gasteiger partial charge in [0.2, 0.25) is 0 Å². The van der Waals surface area contributed by atoms with Crippen LogP contribution in [0.1, 0.15) is 31.7 Å². The maximum atomic E-state index is 5.94. The van der Waals surface area contributed by atoms with E-state index in [2.05, 4.69) is 24.4 Å². The summed E-state index contributed by atoms with van der Waals surface area (Å²) in [4.78, 5) is 0. The lowest BCUT2D eigenvalue weighted by Crippen LogP contribution is -2.44. The predicted molar refractivity (Wildman–Crippen MR) is 80.8 cm³/mol. The highest BCUT2D eigenvalue weighted by Crippen LogP contribution is 2.36. The van der Waals surface area contributed by atoms with Crippen LogP contribution in [-0.4, -0.2) is 25.8 Å². The minimum absolute atomic E-state index is 0.335. The summed E-state index contributed by atoms with van der Waals surface area (Å²) in [6, 6.07) is 8.56. The first-order valence-electron chi connectivity index (χ1n) is 7.25. The number of hydrogen-bond acceptors (Lipinski definition) is 2. The summed E-state index contributed by atoms with van der Waals surface area (Å²) in [5.74, 6) is 0.742. The van der Waals surface area contributed by atoms with Crippen LogP contribution in [0.25, 0.3) is 0 Å². The van der Waals surface area contributed by atoms with Gasteiger partial charge in [-0.1, -0.05) is 30.7 Å². The van der Waals surface area contributed by atoms with Gasteiger partial charge in [-0.25, -0.2) is 0 Å². The summed E-state index contributed by atoms with van der Waals surface area (Å²) in [7, 11) is 1.84. The number of benzene rings is 1. The summed E-state index contributed by atoms with van der Waals surface area (Å²) in [6.45, 7) is 3.25. The first-order valence-corrected chi connectivity index (χ1v) is 7.63. The van der Waals surface area contributed by atoms with Gasteiger partial charge in [-0.15, -0.1) is 0 Å². The molecule has 0 bridgehead atoms. The number of methoxy groups -OCH3 is 1. The van der Waals surface area contributed by atoms with E-state index in [9.17, 15) is 0 Å². The maximum Gasteiger partial charge on any atom is 0.0755 e. The van der Waals surface area contributed by atoms with Crippen LogP contribution in [0.15, 0.2) is 24.3 Å². The fraction of sp³-hybridized carbons (Fsp3) is 0.625. The van der Waals surface area contributed by atoms with E-state index >= 15 is 0 Å². The van der Waals surface area contributed by atoms with Crippen molar-refractivity contribution in [3.05, 3.63) is 34.9 Å².